The number of para-hydroxylation sites is 1. The van der Waals surface area contributed by atoms with E-state index in [1.54, 1.807) is 29.7 Å². The first-order valence-electron chi connectivity index (χ1n) is 9.84. The molecule has 0 spiro atoms. The average Bonchev–Trinajstić information content (AvgIpc) is 2.77. The Morgan fingerprint density at radius 3 is 2.23 bits per heavy atom. The third-order valence-electron chi connectivity index (χ3n) is 4.38. The number of amides is 3. The fraction of sp³-hybridized carbons (Fsp3) is 0.318. The molecule has 8 nitrogen and oxygen atoms in total. The maximum atomic E-state index is 12.7. The van der Waals surface area contributed by atoms with Crippen LogP contribution in [0.3, 0.4) is 0 Å². The number of hydrogen-bond acceptors (Lipinski definition) is 5. The quantitative estimate of drug-likeness (QED) is 0.256. The number of carbonyl (C=O) groups is 3. The first-order valence-corrected chi connectivity index (χ1v) is 9.84. The molecule has 2 aromatic rings. The highest BCUT2D eigenvalue weighted by Crippen LogP contribution is 2.11. The van der Waals surface area contributed by atoms with Crippen LogP contribution in [0.1, 0.15) is 37.7 Å². The number of hydrogen-bond donors (Lipinski definition) is 4. The third kappa shape index (κ3) is 8.74. The Hall–Kier alpha value is -3.39. The summed E-state index contributed by atoms with van der Waals surface area (Å²) < 4.78 is 5.22. The molecule has 0 aliphatic rings. The Bertz CT molecular complexity index is 799. The van der Waals surface area contributed by atoms with E-state index in [4.69, 9.17) is 9.94 Å². The summed E-state index contributed by atoms with van der Waals surface area (Å²) in [5, 5.41) is 13.9. The number of nitrogens with one attached hydrogen (secondary N) is 3. The second-order valence-corrected chi connectivity index (χ2v) is 6.75. The number of benzene rings is 2. The minimum atomic E-state index is -0.778. The molecule has 0 aromatic heterocycles. The Morgan fingerprint density at radius 2 is 1.57 bits per heavy atom. The largest absolute Gasteiger partial charge is 0.445 e. The lowest BCUT2D eigenvalue weighted by Gasteiger charge is -2.18. The maximum absolute atomic E-state index is 12.7. The van der Waals surface area contributed by atoms with Gasteiger partial charge in [-0.2, -0.15) is 0 Å². The van der Waals surface area contributed by atoms with Gasteiger partial charge in [0.1, 0.15) is 12.6 Å². The molecule has 3 amide bonds. The number of rotatable bonds is 11. The summed E-state index contributed by atoms with van der Waals surface area (Å²) in [5.74, 6) is -0.790. The van der Waals surface area contributed by atoms with Gasteiger partial charge in [-0.05, 0) is 30.5 Å². The maximum Gasteiger partial charge on any atom is 0.408 e. The number of ether oxygens (including phenoxy) is 1. The summed E-state index contributed by atoms with van der Waals surface area (Å²) in [6.45, 7) is 0.107. The Morgan fingerprint density at radius 1 is 0.900 bits per heavy atom. The van der Waals surface area contributed by atoms with Crippen LogP contribution in [0.4, 0.5) is 10.5 Å². The molecule has 8 heteroatoms. The summed E-state index contributed by atoms with van der Waals surface area (Å²) >= 11 is 0. The van der Waals surface area contributed by atoms with E-state index in [0.29, 0.717) is 31.4 Å². The van der Waals surface area contributed by atoms with Crippen molar-refractivity contribution in [3.05, 3.63) is 66.2 Å². The van der Waals surface area contributed by atoms with Gasteiger partial charge in [0.2, 0.25) is 11.8 Å². The van der Waals surface area contributed by atoms with Crippen LogP contribution in [-0.4, -0.2) is 29.2 Å². The van der Waals surface area contributed by atoms with Crippen LogP contribution in [0.25, 0.3) is 0 Å². The Balaban J connectivity index is 1.87. The fourth-order valence-electron chi connectivity index (χ4n) is 2.79. The molecular weight excluding hydrogens is 386 g/mol. The molecule has 1 atom stereocenters. The van der Waals surface area contributed by atoms with Crippen molar-refractivity contribution in [3.8, 4) is 0 Å². The smallest absolute Gasteiger partial charge is 0.408 e. The van der Waals surface area contributed by atoms with Crippen molar-refractivity contribution in [2.45, 2.75) is 44.8 Å². The molecule has 0 bridgehead atoms. The molecule has 1 unspecified atom stereocenters. The molecule has 0 aliphatic carbocycles. The van der Waals surface area contributed by atoms with Crippen LogP contribution in [-0.2, 0) is 20.9 Å². The monoisotopic (exact) mass is 413 g/mol. The lowest BCUT2D eigenvalue weighted by Crippen LogP contribution is -2.44. The van der Waals surface area contributed by atoms with E-state index in [-0.39, 0.29) is 18.9 Å². The first kappa shape index (κ1) is 22.9. The van der Waals surface area contributed by atoms with Gasteiger partial charge in [0.05, 0.1) is 0 Å². The van der Waals surface area contributed by atoms with Crippen molar-refractivity contribution in [2.75, 3.05) is 5.32 Å². The van der Waals surface area contributed by atoms with Crippen LogP contribution in [0, 0.1) is 0 Å². The van der Waals surface area contributed by atoms with Gasteiger partial charge < -0.3 is 15.4 Å². The molecule has 0 saturated heterocycles. The molecule has 4 N–H and O–H groups in total. The summed E-state index contributed by atoms with van der Waals surface area (Å²) in [4.78, 5) is 35.9. The molecule has 0 heterocycles. The highest BCUT2D eigenvalue weighted by atomic mass is 16.5. The van der Waals surface area contributed by atoms with E-state index in [1.807, 2.05) is 36.4 Å². The zero-order valence-electron chi connectivity index (χ0n) is 16.7. The zero-order chi connectivity index (χ0) is 21.6. The van der Waals surface area contributed by atoms with Crippen molar-refractivity contribution < 1.29 is 24.3 Å². The Kier molecular flexibility index (Phi) is 9.88. The van der Waals surface area contributed by atoms with Crippen molar-refractivity contribution in [2.24, 2.45) is 0 Å². The van der Waals surface area contributed by atoms with Crippen LogP contribution >= 0.6 is 0 Å². The van der Waals surface area contributed by atoms with Crippen LogP contribution < -0.4 is 16.1 Å². The number of unbranched alkanes of at least 4 members (excludes halogenated alkanes) is 2. The summed E-state index contributed by atoms with van der Waals surface area (Å²) in [6, 6.07) is 17.5. The second kappa shape index (κ2) is 12.9. The number of carbonyl (C=O) groups excluding carboxylic acids is 3. The van der Waals surface area contributed by atoms with Crippen molar-refractivity contribution in [1.29, 1.82) is 0 Å². The van der Waals surface area contributed by atoms with E-state index in [2.05, 4.69) is 10.6 Å². The van der Waals surface area contributed by atoms with Crippen molar-refractivity contribution >= 4 is 23.6 Å². The standard InChI is InChI=1S/C22H27N3O5/c26-20(25-29)15-9-3-8-14-19(21(27)23-18-12-6-2-7-13-18)24-22(28)30-16-17-10-4-1-5-11-17/h1-2,4-7,10-13,19,29H,3,8-9,14-16H2,(H,23,27)(H,24,28)(H,25,26). The van der Waals surface area contributed by atoms with Crippen LogP contribution in [0.5, 0.6) is 0 Å². The molecular formula is C22H27N3O5. The van der Waals surface area contributed by atoms with E-state index >= 15 is 0 Å². The lowest BCUT2D eigenvalue weighted by molar-refractivity contribution is -0.129. The van der Waals surface area contributed by atoms with Gasteiger partial charge in [-0.25, -0.2) is 10.3 Å². The van der Waals surface area contributed by atoms with E-state index < -0.39 is 18.0 Å². The number of anilines is 1. The zero-order valence-corrected chi connectivity index (χ0v) is 16.7. The predicted octanol–water partition coefficient (Wildman–Crippen LogP) is 3.38. The average molecular weight is 413 g/mol. The van der Waals surface area contributed by atoms with Crippen LogP contribution in [0.15, 0.2) is 60.7 Å². The van der Waals surface area contributed by atoms with Gasteiger partial charge in [0.25, 0.3) is 0 Å². The normalized spacial score (nSPS) is 11.2. The molecule has 0 saturated carbocycles. The fourth-order valence-corrected chi connectivity index (χ4v) is 2.79. The predicted molar refractivity (Wildman–Crippen MR) is 112 cm³/mol. The molecule has 160 valence electrons. The number of hydroxylamine groups is 1. The van der Waals surface area contributed by atoms with Crippen molar-refractivity contribution in [1.82, 2.24) is 10.8 Å². The summed E-state index contributed by atoms with van der Waals surface area (Å²) in [5.41, 5.74) is 3.07. The van der Waals surface area contributed by atoms with Gasteiger partial charge >= 0.3 is 6.09 Å². The van der Waals surface area contributed by atoms with E-state index in [0.717, 1.165) is 5.56 Å². The minimum absolute atomic E-state index is 0.107. The molecule has 2 rings (SSSR count). The highest BCUT2D eigenvalue weighted by Gasteiger charge is 2.21. The van der Waals surface area contributed by atoms with E-state index in [1.165, 1.54) is 0 Å². The van der Waals surface area contributed by atoms with Gasteiger partial charge in [-0.1, -0.05) is 61.4 Å². The molecule has 2 aromatic carbocycles. The van der Waals surface area contributed by atoms with Crippen molar-refractivity contribution in [3.63, 3.8) is 0 Å². The third-order valence-corrected chi connectivity index (χ3v) is 4.38. The van der Waals surface area contributed by atoms with E-state index in [9.17, 15) is 14.4 Å². The Labute approximate surface area is 175 Å². The van der Waals surface area contributed by atoms with Gasteiger partial charge in [-0.15, -0.1) is 0 Å². The van der Waals surface area contributed by atoms with Crippen LogP contribution in [0.2, 0.25) is 0 Å². The molecule has 0 aliphatic heterocycles. The topological polar surface area (TPSA) is 117 Å². The first-order chi connectivity index (χ1) is 14.6. The summed E-state index contributed by atoms with van der Waals surface area (Å²) in [6.07, 6.45) is 1.77. The number of alkyl carbamates (subject to hydrolysis) is 1. The molecule has 0 radical (unpaired) electrons. The lowest BCUT2D eigenvalue weighted by atomic mass is 10.1. The van der Waals surface area contributed by atoms with Gasteiger partial charge in [-0.3, -0.25) is 14.8 Å². The summed E-state index contributed by atoms with van der Waals surface area (Å²) in [7, 11) is 0. The highest BCUT2D eigenvalue weighted by molar-refractivity contribution is 5.96. The molecule has 30 heavy (non-hydrogen) atoms. The SMILES string of the molecule is O=C(CCCCCC(NC(=O)OCc1ccccc1)C(=O)Nc1ccccc1)NO. The molecule has 0 fully saturated rings. The van der Waals surface area contributed by atoms with Gasteiger partial charge in [0.15, 0.2) is 0 Å². The minimum Gasteiger partial charge on any atom is -0.445 e. The van der Waals surface area contributed by atoms with Gasteiger partial charge in [0, 0.05) is 12.1 Å². The second-order valence-electron chi connectivity index (χ2n) is 6.75.